The van der Waals surface area contributed by atoms with Crippen molar-refractivity contribution in [1.82, 2.24) is 0 Å². The zero-order chi connectivity index (χ0) is 14.0. The molecule has 3 N–H and O–H groups in total. The van der Waals surface area contributed by atoms with Gasteiger partial charge in [-0.25, -0.2) is 12.8 Å². The highest BCUT2D eigenvalue weighted by Crippen LogP contribution is 2.27. The molecule has 0 radical (unpaired) electrons. The van der Waals surface area contributed by atoms with Gasteiger partial charge in [0.05, 0.1) is 5.02 Å². The smallest absolute Gasteiger partial charge is 0.264 e. The fourth-order valence-electron chi connectivity index (χ4n) is 1.50. The molecule has 0 bridgehead atoms. The van der Waals surface area contributed by atoms with Crippen LogP contribution in [-0.4, -0.2) is 8.42 Å². The highest BCUT2D eigenvalue weighted by Gasteiger charge is 2.22. The van der Waals surface area contributed by atoms with Crippen LogP contribution in [0.4, 0.5) is 15.8 Å². The molecule has 0 saturated heterocycles. The van der Waals surface area contributed by atoms with E-state index in [9.17, 15) is 12.8 Å². The van der Waals surface area contributed by atoms with Gasteiger partial charge in [0.2, 0.25) is 0 Å². The second-order valence-electron chi connectivity index (χ2n) is 3.79. The van der Waals surface area contributed by atoms with Gasteiger partial charge in [0.15, 0.2) is 5.82 Å². The summed E-state index contributed by atoms with van der Waals surface area (Å²) in [5.41, 5.74) is 5.86. The quantitative estimate of drug-likeness (QED) is 0.856. The third-order valence-electron chi connectivity index (χ3n) is 2.33. The van der Waals surface area contributed by atoms with Crippen LogP contribution in [0.25, 0.3) is 0 Å². The topological polar surface area (TPSA) is 72.2 Å². The lowest BCUT2D eigenvalue weighted by Gasteiger charge is -2.10. The first-order valence-corrected chi connectivity index (χ1v) is 7.08. The van der Waals surface area contributed by atoms with Crippen LogP contribution in [0.2, 0.25) is 5.02 Å². The zero-order valence-electron chi connectivity index (χ0n) is 9.60. The number of halogens is 2. The number of hydrogen-bond acceptors (Lipinski definition) is 3. The Morgan fingerprint density at radius 2 is 1.79 bits per heavy atom. The number of nitrogens with two attached hydrogens (primary N) is 1. The van der Waals surface area contributed by atoms with Gasteiger partial charge in [-0.3, -0.25) is 4.72 Å². The van der Waals surface area contributed by atoms with Crippen molar-refractivity contribution in [2.45, 2.75) is 4.90 Å². The Bertz CT molecular complexity index is 705. The van der Waals surface area contributed by atoms with Gasteiger partial charge in [-0.15, -0.1) is 0 Å². The van der Waals surface area contributed by atoms with Crippen LogP contribution >= 0.6 is 11.6 Å². The molecule has 19 heavy (non-hydrogen) atoms. The third-order valence-corrected chi connectivity index (χ3v) is 3.99. The molecule has 0 aliphatic rings. The summed E-state index contributed by atoms with van der Waals surface area (Å²) < 4.78 is 40.1. The Balaban J connectivity index is 2.46. The van der Waals surface area contributed by atoms with Crippen molar-refractivity contribution in [3.8, 4) is 0 Å². The molecule has 2 aromatic carbocycles. The van der Waals surface area contributed by atoms with Crippen molar-refractivity contribution in [2.75, 3.05) is 10.5 Å². The summed E-state index contributed by atoms with van der Waals surface area (Å²) in [7, 11) is -4.08. The van der Waals surface area contributed by atoms with Crippen molar-refractivity contribution in [3.63, 3.8) is 0 Å². The standard InChI is InChI=1S/C12H10ClFN2O2S/c13-10-6-8(15)7-11(12(10)14)19(17,18)16-9-4-2-1-3-5-9/h1-7,16H,15H2. The van der Waals surface area contributed by atoms with Crippen molar-refractivity contribution < 1.29 is 12.8 Å². The second kappa shape index (κ2) is 5.07. The van der Waals surface area contributed by atoms with E-state index in [4.69, 9.17) is 17.3 Å². The molecule has 0 amide bonds. The highest BCUT2D eigenvalue weighted by atomic mass is 35.5. The van der Waals surface area contributed by atoms with Crippen LogP contribution in [-0.2, 0) is 10.0 Å². The SMILES string of the molecule is Nc1cc(Cl)c(F)c(S(=O)(=O)Nc2ccccc2)c1. The summed E-state index contributed by atoms with van der Waals surface area (Å²) in [5.74, 6) is -1.03. The van der Waals surface area contributed by atoms with Gasteiger partial charge >= 0.3 is 0 Å². The fraction of sp³-hybridized carbons (Fsp3) is 0. The van der Waals surface area contributed by atoms with Gasteiger partial charge in [-0.1, -0.05) is 29.8 Å². The Hall–Kier alpha value is -1.79. The predicted octanol–water partition coefficient (Wildman–Crippen LogP) is 2.86. The fourth-order valence-corrected chi connectivity index (χ4v) is 2.97. The van der Waals surface area contributed by atoms with Gasteiger partial charge in [0.1, 0.15) is 4.90 Å². The van der Waals surface area contributed by atoms with E-state index in [1.165, 1.54) is 0 Å². The number of nitrogens with one attached hydrogen (secondary N) is 1. The molecule has 100 valence electrons. The Kier molecular flexibility index (Phi) is 3.64. The summed E-state index contributed by atoms with van der Waals surface area (Å²) >= 11 is 5.58. The lowest BCUT2D eigenvalue weighted by Crippen LogP contribution is -2.15. The summed E-state index contributed by atoms with van der Waals surface area (Å²) in [4.78, 5) is -0.582. The lowest BCUT2D eigenvalue weighted by atomic mass is 10.3. The first-order chi connectivity index (χ1) is 8.90. The van der Waals surface area contributed by atoms with E-state index in [0.29, 0.717) is 5.69 Å². The average molecular weight is 301 g/mol. The van der Waals surface area contributed by atoms with Crippen LogP contribution in [0, 0.1) is 5.82 Å². The Morgan fingerprint density at radius 3 is 2.42 bits per heavy atom. The normalized spacial score (nSPS) is 11.3. The molecule has 0 aromatic heterocycles. The summed E-state index contributed by atoms with van der Waals surface area (Å²) in [6.07, 6.45) is 0. The molecule has 0 unspecified atom stereocenters. The van der Waals surface area contributed by atoms with Crippen molar-refractivity contribution in [1.29, 1.82) is 0 Å². The van der Waals surface area contributed by atoms with Crippen LogP contribution in [0.1, 0.15) is 0 Å². The number of benzene rings is 2. The zero-order valence-corrected chi connectivity index (χ0v) is 11.2. The number of sulfonamides is 1. The van der Waals surface area contributed by atoms with E-state index < -0.39 is 20.7 Å². The molecule has 0 atom stereocenters. The Labute approximate surface area is 115 Å². The van der Waals surface area contributed by atoms with E-state index in [-0.39, 0.29) is 10.7 Å². The average Bonchev–Trinajstić information content (AvgIpc) is 2.34. The minimum atomic E-state index is -4.08. The van der Waals surface area contributed by atoms with Gasteiger partial charge < -0.3 is 5.73 Å². The molecule has 0 saturated carbocycles. The van der Waals surface area contributed by atoms with Crippen molar-refractivity contribution in [3.05, 3.63) is 53.3 Å². The van der Waals surface area contributed by atoms with Gasteiger partial charge in [0.25, 0.3) is 10.0 Å². The van der Waals surface area contributed by atoms with Gasteiger partial charge in [-0.05, 0) is 24.3 Å². The predicted molar refractivity (Wildman–Crippen MR) is 73.1 cm³/mol. The highest BCUT2D eigenvalue weighted by molar-refractivity contribution is 7.92. The Morgan fingerprint density at radius 1 is 1.16 bits per heavy atom. The molecule has 0 heterocycles. The van der Waals surface area contributed by atoms with Gasteiger partial charge in [0, 0.05) is 11.4 Å². The van der Waals surface area contributed by atoms with Crippen LogP contribution in [0.3, 0.4) is 0 Å². The maximum Gasteiger partial charge on any atom is 0.264 e. The van der Waals surface area contributed by atoms with Crippen LogP contribution in [0.5, 0.6) is 0 Å². The van der Waals surface area contributed by atoms with E-state index in [0.717, 1.165) is 12.1 Å². The minimum Gasteiger partial charge on any atom is -0.399 e. The van der Waals surface area contributed by atoms with Gasteiger partial charge in [-0.2, -0.15) is 0 Å². The number of rotatable bonds is 3. The maximum absolute atomic E-state index is 13.8. The van der Waals surface area contributed by atoms with Crippen LogP contribution in [0.15, 0.2) is 47.4 Å². The molecule has 0 fully saturated rings. The number of para-hydroxylation sites is 1. The molecule has 4 nitrogen and oxygen atoms in total. The van der Waals surface area contributed by atoms with E-state index in [1.54, 1.807) is 30.3 Å². The molecular formula is C12H10ClFN2O2S. The molecule has 2 rings (SSSR count). The second-order valence-corrected chi connectivity index (χ2v) is 5.84. The van der Waals surface area contributed by atoms with Crippen molar-refractivity contribution in [2.24, 2.45) is 0 Å². The lowest BCUT2D eigenvalue weighted by molar-refractivity contribution is 0.571. The summed E-state index contributed by atoms with van der Waals surface area (Å²) in [5, 5.41) is -0.339. The van der Waals surface area contributed by atoms with Crippen LogP contribution < -0.4 is 10.5 Å². The molecule has 7 heteroatoms. The van der Waals surface area contributed by atoms with E-state index in [1.807, 2.05) is 0 Å². The van der Waals surface area contributed by atoms with Crippen molar-refractivity contribution >= 4 is 33.0 Å². The molecule has 0 aliphatic carbocycles. The number of hydrogen-bond donors (Lipinski definition) is 2. The first-order valence-electron chi connectivity index (χ1n) is 5.22. The summed E-state index contributed by atoms with van der Waals surface area (Å²) in [6, 6.07) is 10.3. The molecule has 0 aliphatic heterocycles. The molecule has 0 spiro atoms. The molecule has 2 aromatic rings. The number of anilines is 2. The molecular weight excluding hydrogens is 291 g/mol. The van der Waals surface area contributed by atoms with E-state index >= 15 is 0 Å². The number of nitrogen functional groups attached to an aromatic ring is 1. The monoisotopic (exact) mass is 300 g/mol. The maximum atomic E-state index is 13.8. The van der Waals surface area contributed by atoms with E-state index in [2.05, 4.69) is 4.72 Å². The largest absolute Gasteiger partial charge is 0.399 e. The minimum absolute atomic E-state index is 0.0693. The first kappa shape index (κ1) is 13.6. The third kappa shape index (κ3) is 2.97. The summed E-state index contributed by atoms with van der Waals surface area (Å²) in [6.45, 7) is 0.